The van der Waals surface area contributed by atoms with Crippen LogP contribution in [0.15, 0.2) is 30.3 Å². The summed E-state index contributed by atoms with van der Waals surface area (Å²) in [5.74, 6) is -0.908. The van der Waals surface area contributed by atoms with Crippen molar-refractivity contribution in [2.24, 2.45) is 0 Å². The van der Waals surface area contributed by atoms with Gasteiger partial charge < -0.3 is 14.6 Å². The van der Waals surface area contributed by atoms with Crippen LogP contribution in [0.2, 0.25) is 0 Å². The Labute approximate surface area is 111 Å². The van der Waals surface area contributed by atoms with Gasteiger partial charge in [-0.3, -0.25) is 0 Å². The molecular formula is C14H16O5. The number of hydrogen-bond donors (Lipinski definition) is 1. The van der Waals surface area contributed by atoms with Crippen molar-refractivity contribution < 1.29 is 24.2 Å². The highest BCUT2D eigenvalue weighted by molar-refractivity contribution is 5.85. The Morgan fingerprint density at radius 1 is 1.26 bits per heavy atom. The van der Waals surface area contributed by atoms with E-state index in [1.54, 1.807) is 38.1 Å². The van der Waals surface area contributed by atoms with E-state index in [2.05, 4.69) is 0 Å². The van der Waals surface area contributed by atoms with Crippen molar-refractivity contribution in [2.75, 3.05) is 6.61 Å². The molecule has 0 fully saturated rings. The van der Waals surface area contributed by atoms with Crippen molar-refractivity contribution in [3.8, 4) is 5.75 Å². The number of carbonyl (C=O) groups excluding carboxylic acids is 1. The molecule has 5 heteroatoms. The number of hydrogen-bond acceptors (Lipinski definition) is 4. The van der Waals surface area contributed by atoms with Crippen molar-refractivity contribution in [2.45, 2.75) is 20.0 Å². The molecule has 1 aromatic rings. The third-order valence-corrected chi connectivity index (χ3v) is 2.02. The summed E-state index contributed by atoms with van der Waals surface area (Å²) in [6.07, 6.45) is 2.36. The van der Waals surface area contributed by atoms with Gasteiger partial charge in [-0.25, -0.2) is 9.59 Å². The average Bonchev–Trinajstić information content (AvgIpc) is 2.34. The molecule has 0 aliphatic carbocycles. The molecule has 0 saturated carbocycles. The summed E-state index contributed by atoms with van der Waals surface area (Å²) in [5.41, 5.74) is 0.736. The molecule has 1 rings (SSSR count). The molecule has 5 nitrogen and oxygen atoms in total. The molecule has 0 bridgehead atoms. The van der Waals surface area contributed by atoms with E-state index in [1.165, 1.54) is 6.08 Å². The lowest BCUT2D eigenvalue weighted by atomic mass is 10.2. The molecule has 0 unspecified atom stereocenters. The molecule has 0 atom stereocenters. The van der Waals surface area contributed by atoms with Crippen LogP contribution in [0.3, 0.4) is 0 Å². The molecule has 0 heterocycles. The quantitative estimate of drug-likeness (QED) is 0.629. The Balaban J connectivity index is 2.48. The van der Waals surface area contributed by atoms with Crippen molar-refractivity contribution in [3.05, 3.63) is 35.9 Å². The molecule has 102 valence electrons. The molecule has 1 N–H and O–H groups in total. The van der Waals surface area contributed by atoms with Crippen LogP contribution in [0.5, 0.6) is 5.75 Å². The number of carboxylic acid groups (broad SMARTS) is 1. The highest BCUT2D eigenvalue weighted by Gasteiger charge is 2.06. The van der Waals surface area contributed by atoms with Gasteiger partial charge in [0.25, 0.3) is 0 Å². The SMILES string of the molecule is CC(C)OC(=O)COc1ccc(/C=C/C(=O)O)cc1. The second-order valence-corrected chi connectivity index (χ2v) is 4.07. The summed E-state index contributed by atoms with van der Waals surface area (Å²) < 4.78 is 10.2. The predicted octanol–water partition coefficient (Wildman–Crippen LogP) is 2.11. The number of rotatable bonds is 6. The van der Waals surface area contributed by atoms with Gasteiger partial charge in [0.05, 0.1) is 6.10 Å². The summed E-state index contributed by atoms with van der Waals surface area (Å²) in [6.45, 7) is 3.38. The fourth-order valence-corrected chi connectivity index (χ4v) is 1.28. The Bertz CT molecular complexity index is 459. The van der Waals surface area contributed by atoms with Gasteiger partial charge in [-0.15, -0.1) is 0 Å². The maximum atomic E-state index is 11.2. The maximum absolute atomic E-state index is 11.2. The third-order valence-electron chi connectivity index (χ3n) is 2.02. The monoisotopic (exact) mass is 264 g/mol. The van der Waals surface area contributed by atoms with Crippen LogP contribution in [-0.4, -0.2) is 29.8 Å². The second-order valence-electron chi connectivity index (χ2n) is 4.07. The van der Waals surface area contributed by atoms with Crippen molar-refractivity contribution in [1.82, 2.24) is 0 Å². The average molecular weight is 264 g/mol. The fourth-order valence-electron chi connectivity index (χ4n) is 1.28. The van der Waals surface area contributed by atoms with Gasteiger partial charge in [0, 0.05) is 6.08 Å². The Hall–Kier alpha value is -2.30. The zero-order valence-electron chi connectivity index (χ0n) is 10.8. The van der Waals surface area contributed by atoms with Crippen molar-refractivity contribution in [3.63, 3.8) is 0 Å². The largest absolute Gasteiger partial charge is 0.482 e. The van der Waals surface area contributed by atoms with Crippen molar-refractivity contribution >= 4 is 18.0 Å². The van der Waals surface area contributed by atoms with E-state index in [0.29, 0.717) is 5.75 Å². The van der Waals surface area contributed by atoms with Crippen LogP contribution >= 0.6 is 0 Å². The topological polar surface area (TPSA) is 72.8 Å². The normalized spacial score (nSPS) is 10.7. The maximum Gasteiger partial charge on any atom is 0.344 e. The highest BCUT2D eigenvalue weighted by Crippen LogP contribution is 2.13. The molecule has 0 amide bonds. The van der Waals surface area contributed by atoms with E-state index in [0.717, 1.165) is 11.6 Å². The molecular weight excluding hydrogens is 248 g/mol. The lowest BCUT2D eigenvalue weighted by Gasteiger charge is -2.09. The van der Waals surface area contributed by atoms with Crippen LogP contribution in [-0.2, 0) is 14.3 Å². The lowest BCUT2D eigenvalue weighted by molar-refractivity contribution is -0.149. The first-order valence-electron chi connectivity index (χ1n) is 5.80. The first-order chi connectivity index (χ1) is 8.97. The van der Waals surface area contributed by atoms with Crippen LogP contribution < -0.4 is 4.74 Å². The van der Waals surface area contributed by atoms with Gasteiger partial charge in [-0.2, -0.15) is 0 Å². The first-order valence-corrected chi connectivity index (χ1v) is 5.80. The second kappa shape index (κ2) is 7.20. The van der Waals surface area contributed by atoms with E-state index >= 15 is 0 Å². The summed E-state index contributed by atoms with van der Waals surface area (Å²) >= 11 is 0. The van der Waals surface area contributed by atoms with Gasteiger partial charge >= 0.3 is 11.9 Å². The minimum Gasteiger partial charge on any atom is -0.482 e. The lowest BCUT2D eigenvalue weighted by Crippen LogP contribution is -2.18. The predicted molar refractivity (Wildman–Crippen MR) is 69.8 cm³/mol. The van der Waals surface area contributed by atoms with Crippen LogP contribution in [0.1, 0.15) is 19.4 Å². The molecule has 0 aliphatic heterocycles. The molecule has 0 aromatic heterocycles. The van der Waals surface area contributed by atoms with E-state index in [-0.39, 0.29) is 12.7 Å². The molecule has 0 aliphatic rings. The third kappa shape index (κ3) is 6.26. The number of aliphatic carboxylic acids is 1. The van der Waals surface area contributed by atoms with Crippen LogP contribution in [0.4, 0.5) is 0 Å². The highest BCUT2D eigenvalue weighted by atomic mass is 16.6. The van der Waals surface area contributed by atoms with Gasteiger partial charge in [0.2, 0.25) is 0 Å². The van der Waals surface area contributed by atoms with Crippen LogP contribution in [0, 0.1) is 0 Å². The summed E-state index contributed by atoms with van der Waals surface area (Å²) in [5, 5.41) is 8.48. The zero-order valence-corrected chi connectivity index (χ0v) is 10.8. The number of benzene rings is 1. The first kappa shape index (κ1) is 14.8. The summed E-state index contributed by atoms with van der Waals surface area (Å²) in [4.78, 5) is 21.6. The minimum absolute atomic E-state index is 0.150. The number of carbonyl (C=O) groups is 2. The standard InChI is InChI=1S/C14H16O5/c1-10(2)19-14(17)9-18-12-6-3-11(4-7-12)5-8-13(15)16/h3-8,10H,9H2,1-2H3,(H,15,16)/b8-5+. The van der Waals surface area contributed by atoms with Gasteiger partial charge in [-0.1, -0.05) is 12.1 Å². The van der Waals surface area contributed by atoms with E-state index in [4.69, 9.17) is 14.6 Å². The van der Waals surface area contributed by atoms with E-state index in [9.17, 15) is 9.59 Å². The smallest absolute Gasteiger partial charge is 0.344 e. The van der Waals surface area contributed by atoms with Gasteiger partial charge in [-0.05, 0) is 37.6 Å². The van der Waals surface area contributed by atoms with Crippen LogP contribution in [0.25, 0.3) is 6.08 Å². The minimum atomic E-state index is -1.00. The number of ether oxygens (including phenoxy) is 2. The Morgan fingerprint density at radius 2 is 1.89 bits per heavy atom. The molecule has 0 saturated heterocycles. The summed E-state index contributed by atoms with van der Waals surface area (Å²) in [6, 6.07) is 6.71. The number of esters is 1. The Morgan fingerprint density at radius 3 is 2.42 bits per heavy atom. The number of carboxylic acids is 1. The molecule has 0 radical (unpaired) electrons. The zero-order chi connectivity index (χ0) is 14.3. The van der Waals surface area contributed by atoms with E-state index in [1.807, 2.05) is 0 Å². The molecule has 0 spiro atoms. The summed E-state index contributed by atoms with van der Waals surface area (Å²) in [7, 11) is 0. The molecule has 1 aromatic carbocycles. The Kier molecular flexibility index (Phi) is 5.60. The van der Waals surface area contributed by atoms with E-state index < -0.39 is 11.9 Å². The van der Waals surface area contributed by atoms with Gasteiger partial charge in [0.15, 0.2) is 6.61 Å². The van der Waals surface area contributed by atoms with Crippen molar-refractivity contribution in [1.29, 1.82) is 0 Å². The van der Waals surface area contributed by atoms with Gasteiger partial charge in [0.1, 0.15) is 5.75 Å². The molecule has 19 heavy (non-hydrogen) atoms. The fraction of sp³-hybridized carbons (Fsp3) is 0.286.